The second-order valence-corrected chi connectivity index (χ2v) is 7.37. The monoisotopic (exact) mass is 306 g/mol. The molecule has 0 aromatic heterocycles. The standard InChI is InChI=1S/C17H26N2OS/c1-4-21-16-11-7-10-15(16)19-17(20)13-8-5-6-9-14(13)18-12(2)3/h5-6,8-9,12,15-16,18H,4,7,10-11H2,1-3H3,(H,19,20). The van der Waals surface area contributed by atoms with Crippen molar-refractivity contribution in [1.82, 2.24) is 5.32 Å². The van der Waals surface area contributed by atoms with Gasteiger partial charge in [0.15, 0.2) is 0 Å². The zero-order valence-corrected chi connectivity index (χ0v) is 14.0. The summed E-state index contributed by atoms with van der Waals surface area (Å²) in [6.45, 7) is 6.35. The number of thioether (sulfide) groups is 1. The molecule has 1 fully saturated rings. The third-order valence-electron chi connectivity index (χ3n) is 3.77. The summed E-state index contributed by atoms with van der Waals surface area (Å²) in [6.07, 6.45) is 3.53. The van der Waals surface area contributed by atoms with Crippen molar-refractivity contribution in [3.8, 4) is 0 Å². The quantitative estimate of drug-likeness (QED) is 0.837. The first kappa shape index (κ1) is 16.2. The second-order valence-electron chi connectivity index (χ2n) is 5.85. The van der Waals surface area contributed by atoms with Crippen LogP contribution in [-0.2, 0) is 0 Å². The van der Waals surface area contributed by atoms with Crippen LogP contribution in [0.2, 0.25) is 0 Å². The Morgan fingerprint density at radius 1 is 1.33 bits per heavy atom. The van der Waals surface area contributed by atoms with Gasteiger partial charge in [-0.1, -0.05) is 25.5 Å². The lowest BCUT2D eigenvalue weighted by atomic mass is 10.1. The van der Waals surface area contributed by atoms with Crippen molar-refractivity contribution in [2.75, 3.05) is 11.1 Å². The van der Waals surface area contributed by atoms with Gasteiger partial charge in [-0.15, -0.1) is 0 Å². The zero-order valence-electron chi connectivity index (χ0n) is 13.2. The van der Waals surface area contributed by atoms with Gasteiger partial charge in [0.1, 0.15) is 0 Å². The minimum atomic E-state index is 0.0485. The molecule has 21 heavy (non-hydrogen) atoms. The van der Waals surface area contributed by atoms with Crippen LogP contribution < -0.4 is 10.6 Å². The van der Waals surface area contributed by atoms with Crippen molar-refractivity contribution in [3.63, 3.8) is 0 Å². The predicted molar refractivity (Wildman–Crippen MR) is 92.2 cm³/mol. The molecule has 1 amide bonds. The van der Waals surface area contributed by atoms with Crippen molar-refractivity contribution in [3.05, 3.63) is 29.8 Å². The molecule has 1 aromatic carbocycles. The highest BCUT2D eigenvalue weighted by Gasteiger charge is 2.29. The molecule has 0 aliphatic heterocycles. The average molecular weight is 306 g/mol. The van der Waals surface area contributed by atoms with Crippen molar-refractivity contribution in [2.45, 2.75) is 57.4 Å². The summed E-state index contributed by atoms with van der Waals surface area (Å²) in [5.74, 6) is 1.16. The molecule has 0 saturated heterocycles. The molecule has 1 aliphatic rings. The minimum absolute atomic E-state index is 0.0485. The van der Waals surface area contributed by atoms with Crippen LogP contribution in [0, 0.1) is 0 Å². The summed E-state index contributed by atoms with van der Waals surface area (Å²) in [4.78, 5) is 12.6. The van der Waals surface area contributed by atoms with Gasteiger partial charge < -0.3 is 10.6 Å². The van der Waals surface area contributed by atoms with Gasteiger partial charge in [0.2, 0.25) is 0 Å². The van der Waals surface area contributed by atoms with Gasteiger partial charge in [-0.2, -0.15) is 11.8 Å². The summed E-state index contributed by atoms with van der Waals surface area (Å²) >= 11 is 1.97. The number of carbonyl (C=O) groups is 1. The van der Waals surface area contributed by atoms with Gasteiger partial charge >= 0.3 is 0 Å². The average Bonchev–Trinajstić information content (AvgIpc) is 2.86. The highest BCUT2D eigenvalue weighted by Crippen LogP contribution is 2.30. The summed E-state index contributed by atoms with van der Waals surface area (Å²) in [6, 6.07) is 8.39. The number of anilines is 1. The van der Waals surface area contributed by atoms with E-state index in [0.29, 0.717) is 17.3 Å². The second kappa shape index (κ2) is 7.74. The number of benzene rings is 1. The summed E-state index contributed by atoms with van der Waals surface area (Å²) in [5, 5.41) is 7.17. The summed E-state index contributed by atoms with van der Waals surface area (Å²) in [5.41, 5.74) is 1.67. The van der Waals surface area contributed by atoms with Crippen LogP contribution in [0.5, 0.6) is 0 Å². The Kier molecular flexibility index (Phi) is 5.97. The van der Waals surface area contributed by atoms with Crippen LogP contribution in [0.4, 0.5) is 5.69 Å². The Morgan fingerprint density at radius 2 is 2.10 bits per heavy atom. The minimum Gasteiger partial charge on any atom is -0.382 e. The first-order valence-corrected chi connectivity index (χ1v) is 8.94. The molecule has 3 nitrogen and oxygen atoms in total. The van der Waals surface area contributed by atoms with Crippen LogP contribution in [0.15, 0.2) is 24.3 Å². The maximum atomic E-state index is 12.6. The van der Waals surface area contributed by atoms with Crippen LogP contribution in [0.3, 0.4) is 0 Å². The van der Waals surface area contributed by atoms with E-state index >= 15 is 0 Å². The first-order chi connectivity index (χ1) is 10.1. The lowest BCUT2D eigenvalue weighted by Crippen LogP contribution is -2.39. The van der Waals surface area contributed by atoms with Gasteiger partial charge in [0.25, 0.3) is 5.91 Å². The van der Waals surface area contributed by atoms with E-state index in [4.69, 9.17) is 0 Å². The number of amides is 1. The van der Waals surface area contributed by atoms with Crippen LogP contribution in [0.1, 0.15) is 50.4 Å². The molecule has 2 unspecified atom stereocenters. The molecule has 4 heteroatoms. The fraction of sp³-hybridized carbons (Fsp3) is 0.588. The highest BCUT2D eigenvalue weighted by atomic mass is 32.2. The fourth-order valence-corrected chi connectivity index (χ4v) is 4.07. The molecular weight excluding hydrogens is 280 g/mol. The van der Waals surface area contributed by atoms with E-state index in [1.807, 2.05) is 36.0 Å². The zero-order chi connectivity index (χ0) is 15.2. The van der Waals surface area contributed by atoms with E-state index in [0.717, 1.165) is 23.4 Å². The maximum absolute atomic E-state index is 12.6. The number of para-hydroxylation sites is 1. The molecule has 0 spiro atoms. The molecule has 1 saturated carbocycles. The molecule has 2 N–H and O–H groups in total. The number of hydrogen-bond donors (Lipinski definition) is 2. The third-order valence-corrected chi connectivity index (χ3v) is 5.09. The van der Waals surface area contributed by atoms with Crippen LogP contribution in [0.25, 0.3) is 0 Å². The SMILES string of the molecule is CCSC1CCCC1NC(=O)c1ccccc1NC(C)C. The maximum Gasteiger partial charge on any atom is 0.253 e. The highest BCUT2D eigenvalue weighted by molar-refractivity contribution is 7.99. The van der Waals surface area contributed by atoms with E-state index in [1.165, 1.54) is 12.8 Å². The number of rotatable bonds is 6. The molecule has 0 bridgehead atoms. The largest absolute Gasteiger partial charge is 0.382 e. The molecule has 1 aliphatic carbocycles. The molecule has 0 heterocycles. The van der Waals surface area contributed by atoms with E-state index < -0.39 is 0 Å². The third kappa shape index (κ3) is 4.40. The molecule has 0 radical (unpaired) electrons. The molecule has 116 valence electrons. The van der Waals surface area contributed by atoms with E-state index in [1.54, 1.807) is 0 Å². The predicted octanol–water partition coefficient (Wildman–Crippen LogP) is 3.91. The summed E-state index contributed by atoms with van der Waals surface area (Å²) in [7, 11) is 0. The Morgan fingerprint density at radius 3 is 2.81 bits per heavy atom. The normalized spacial score (nSPS) is 21.5. The van der Waals surface area contributed by atoms with Crippen LogP contribution in [-0.4, -0.2) is 29.0 Å². The van der Waals surface area contributed by atoms with Gasteiger partial charge in [-0.25, -0.2) is 0 Å². The first-order valence-electron chi connectivity index (χ1n) is 7.89. The molecule has 1 aromatic rings. The van der Waals surface area contributed by atoms with Gasteiger partial charge in [0.05, 0.1) is 5.56 Å². The summed E-state index contributed by atoms with van der Waals surface area (Å²) < 4.78 is 0. The topological polar surface area (TPSA) is 41.1 Å². The smallest absolute Gasteiger partial charge is 0.253 e. The molecule has 2 rings (SSSR count). The lowest BCUT2D eigenvalue weighted by Gasteiger charge is -2.21. The Bertz CT molecular complexity index is 476. The Hall–Kier alpha value is -1.16. The van der Waals surface area contributed by atoms with Crippen molar-refractivity contribution < 1.29 is 4.79 Å². The van der Waals surface area contributed by atoms with E-state index in [-0.39, 0.29) is 5.91 Å². The van der Waals surface area contributed by atoms with Gasteiger partial charge in [0, 0.05) is 23.0 Å². The Labute approximate surface area is 132 Å². The molecular formula is C17H26N2OS. The van der Waals surface area contributed by atoms with Gasteiger partial charge in [-0.05, 0) is 44.6 Å². The van der Waals surface area contributed by atoms with Crippen molar-refractivity contribution in [2.24, 2.45) is 0 Å². The van der Waals surface area contributed by atoms with Gasteiger partial charge in [-0.3, -0.25) is 4.79 Å². The number of carbonyl (C=O) groups excluding carboxylic acids is 1. The Balaban J connectivity index is 2.06. The van der Waals surface area contributed by atoms with Crippen LogP contribution >= 0.6 is 11.8 Å². The number of hydrogen-bond acceptors (Lipinski definition) is 3. The lowest BCUT2D eigenvalue weighted by molar-refractivity contribution is 0.0939. The van der Waals surface area contributed by atoms with Crippen molar-refractivity contribution in [1.29, 1.82) is 0 Å². The van der Waals surface area contributed by atoms with E-state index in [9.17, 15) is 4.79 Å². The number of nitrogens with one attached hydrogen (secondary N) is 2. The van der Waals surface area contributed by atoms with E-state index in [2.05, 4.69) is 31.4 Å². The fourth-order valence-electron chi connectivity index (χ4n) is 2.87. The van der Waals surface area contributed by atoms with Crippen molar-refractivity contribution >= 4 is 23.4 Å². The molecule has 2 atom stereocenters.